The van der Waals surface area contributed by atoms with Crippen LogP contribution in [0.4, 0.5) is 0 Å². The van der Waals surface area contributed by atoms with Crippen molar-refractivity contribution < 1.29 is 9.47 Å². The summed E-state index contributed by atoms with van der Waals surface area (Å²) in [6, 6.07) is 0. The minimum absolute atomic E-state index is 0.0294. The lowest BCUT2D eigenvalue weighted by atomic mass is 9.83. The van der Waals surface area contributed by atoms with Crippen LogP contribution in [0.2, 0.25) is 0 Å². The lowest BCUT2D eigenvalue weighted by Gasteiger charge is -2.33. The van der Waals surface area contributed by atoms with E-state index in [9.17, 15) is 0 Å². The van der Waals surface area contributed by atoms with Gasteiger partial charge < -0.3 is 9.47 Å². The smallest absolute Gasteiger partial charge is 0.0585 e. The molecular formula is C16H28O2. The van der Waals surface area contributed by atoms with Crippen LogP contribution in [0, 0.1) is 5.41 Å². The van der Waals surface area contributed by atoms with E-state index >= 15 is 0 Å². The van der Waals surface area contributed by atoms with Gasteiger partial charge in [-0.25, -0.2) is 0 Å². The Bertz CT molecular complexity index is 267. The molecule has 0 N–H and O–H groups in total. The van der Waals surface area contributed by atoms with E-state index in [1.165, 1.54) is 0 Å². The van der Waals surface area contributed by atoms with Crippen molar-refractivity contribution in [3.63, 3.8) is 0 Å². The van der Waals surface area contributed by atoms with Crippen LogP contribution in [0.1, 0.15) is 47.0 Å². The second-order valence-electron chi connectivity index (χ2n) is 5.41. The Hall–Kier alpha value is -0.600. The number of hydrogen-bond acceptors (Lipinski definition) is 2. The SMILES string of the molecule is CCC(C)OCC1(COC(C)CC)C=CC=CC1. The van der Waals surface area contributed by atoms with Crippen LogP contribution in [0.3, 0.4) is 0 Å². The van der Waals surface area contributed by atoms with Gasteiger partial charge in [0.1, 0.15) is 0 Å². The van der Waals surface area contributed by atoms with Gasteiger partial charge in [-0.3, -0.25) is 0 Å². The Morgan fingerprint density at radius 1 is 1.00 bits per heavy atom. The van der Waals surface area contributed by atoms with E-state index in [1.807, 2.05) is 0 Å². The van der Waals surface area contributed by atoms with Crippen molar-refractivity contribution >= 4 is 0 Å². The van der Waals surface area contributed by atoms with Crippen molar-refractivity contribution in [3.05, 3.63) is 24.3 Å². The van der Waals surface area contributed by atoms with Crippen molar-refractivity contribution in [2.75, 3.05) is 13.2 Å². The number of ether oxygens (including phenoxy) is 2. The molecule has 1 aliphatic rings. The molecule has 0 aromatic carbocycles. The molecule has 0 bridgehead atoms. The molecule has 1 aliphatic carbocycles. The molecule has 2 atom stereocenters. The molecule has 0 spiro atoms. The summed E-state index contributed by atoms with van der Waals surface area (Å²) in [5.74, 6) is 0. The first kappa shape index (κ1) is 15.5. The van der Waals surface area contributed by atoms with Crippen molar-refractivity contribution in [2.45, 2.75) is 59.2 Å². The molecule has 104 valence electrons. The molecule has 2 unspecified atom stereocenters. The van der Waals surface area contributed by atoms with Crippen LogP contribution in [-0.2, 0) is 9.47 Å². The van der Waals surface area contributed by atoms with Crippen molar-refractivity contribution in [1.29, 1.82) is 0 Å². The molecule has 18 heavy (non-hydrogen) atoms. The van der Waals surface area contributed by atoms with Crippen LogP contribution in [0.15, 0.2) is 24.3 Å². The van der Waals surface area contributed by atoms with E-state index in [0.717, 1.165) is 32.5 Å². The Morgan fingerprint density at radius 2 is 1.56 bits per heavy atom. The number of rotatable bonds is 8. The lowest BCUT2D eigenvalue weighted by Crippen LogP contribution is -2.33. The van der Waals surface area contributed by atoms with Crippen LogP contribution in [0.5, 0.6) is 0 Å². The zero-order valence-corrected chi connectivity index (χ0v) is 12.3. The Balaban J connectivity index is 2.53. The van der Waals surface area contributed by atoms with Gasteiger partial charge in [-0.2, -0.15) is 0 Å². The molecule has 0 amide bonds. The summed E-state index contributed by atoms with van der Waals surface area (Å²) in [6.45, 7) is 10.1. The third kappa shape index (κ3) is 4.95. The fourth-order valence-electron chi connectivity index (χ4n) is 1.82. The maximum Gasteiger partial charge on any atom is 0.0585 e. The monoisotopic (exact) mass is 252 g/mol. The summed E-state index contributed by atoms with van der Waals surface area (Å²) in [5.41, 5.74) is 0.0294. The van der Waals surface area contributed by atoms with Gasteiger partial charge in [-0.1, -0.05) is 38.2 Å². The maximum absolute atomic E-state index is 5.93. The maximum atomic E-state index is 5.93. The fraction of sp³-hybridized carbons (Fsp3) is 0.750. The predicted molar refractivity (Wildman–Crippen MR) is 76.7 cm³/mol. The largest absolute Gasteiger partial charge is 0.378 e. The van der Waals surface area contributed by atoms with Crippen molar-refractivity contribution in [1.82, 2.24) is 0 Å². The Kier molecular flexibility index (Phi) is 6.66. The van der Waals surface area contributed by atoms with E-state index in [0.29, 0.717) is 12.2 Å². The van der Waals surface area contributed by atoms with Gasteiger partial charge in [0, 0.05) is 5.41 Å². The fourth-order valence-corrected chi connectivity index (χ4v) is 1.82. The van der Waals surface area contributed by atoms with E-state index in [4.69, 9.17) is 9.47 Å². The van der Waals surface area contributed by atoms with Gasteiger partial charge in [-0.15, -0.1) is 0 Å². The lowest BCUT2D eigenvalue weighted by molar-refractivity contribution is -0.0430. The minimum Gasteiger partial charge on any atom is -0.378 e. The normalized spacial score (nSPS) is 26.2. The first-order valence-corrected chi connectivity index (χ1v) is 7.19. The van der Waals surface area contributed by atoms with Gasteiger partial charge >= 0.3 is 0 Å². The second kappa shape index (κ2) is 7.75. The highest BCUT2D eigenvalue weighted by Gasteiger charge is 2.29. The zero-order valence-electron chi connectivity index (χ0n) is 12.3. The molecule has 2 heteroatoms. The van der Waals surface area contributed by atoms with E-state index < -0.39 is 0 Å². The average Bonchev–Trinajstić information content (AvgIpc) is 2.43. The van der Waals surface area contributed by atoms with Crippen molar-refractivity contribution in [2.24, 2.45) is 5.41 Å². The van der Waals surface area contributed by atoms with Crippen LogP contribution < -0.4 is 0 Å². The van der Waals surface area contributed by atoms with Gasteiger partial charge in [0.2, 0.25) is 0 Å². The quantitative estimate of drug-likeness (QED) is 0.647. The topological polar surface area (TPSA) is 18.5 Å². The summed E-state index contributed by atoms with van der Waals surface area (Å²) in [5, 5.41) is 0. The van der Waals surface area contributed by atoms with Gasteiger partial charge in [0.05, 0.1) is 25.4 Å². The predicted octanol–water partition coefficient (Wildman–Crippen LogP) is 4.12. The average molecular weight is 252 g/mol. The Labute approximate surface area is 112 Å². The summed E-state index contributed by atoms with van der Waals surface area (Å²) in [6.07, 6.45) is 12.4. The molecule has 0 aliphatic heterocycles. The molecule has 0 radical (unpaired) electrons. The highest BCUT2D eigenvalue weighted by Crippen LogP contribution is 2.30. The third-order valence-corrected chi connectivity index (χ3v) is 3.68. The first-order valence-electron chi connectivity index (χ1n) is 7.19. The first-order chi connectivity index (χ1) is 8.62. The number of hydrogen-bond donors (Lipinski definition) is 0. The Morgan fingerprint density at radius 3 is 1.94 bits per heavy atom. The molecule has 2 nitrogen and oxygen atoms in total. The standard InChI is InChI=1S/C16H28O2/c1-5-14(3)17-12-16(10-8-7-9-11-16)13-18-15(4)6-2/h7-10,14-15H,5-6,11-13H2,1-4H3. The summed E-state index contributed by atoms with van der Waals surface area (Å²) in [7, 11) is 0. The summed E-state index contributed by atoms with van der Waals surface area (Å²) >= 11 is 0. The molecule has 0 saturated heterocycles. The highest BCUT2D eigenvalue weighted by molar-refractivity contribution is 5.17. The molecule has 0 fully saturated rings. The number of allylic oxidation sites excluding steroid dienone is 3. The summed E-state index contributed by atoms with van der Waals surface area (Å²) in [4.78, 5) is 0. The minimum atomic E-state index is 0.0294. The van der Waals surface area contributed by atoms with Crippen LogP contribution in [-0.4, -0.2) is 25.4 Å². The molecular weight excluding hydrogens is 224 g/mol. The molecule has 0 heterocycles. The second-order valence-corrected chi connectivity index (χ2v) is 5.41. The van der Waals surface area contributed by atoms with Gasteiger partial charge in [0.15, 0.2) is 0 Å². The molecule has 0 aromatic rings. The molecule has 0 aromatic heterocycles. The van der Waals surface area contributed by atoms with E-state index in [1.54, 1.807) is 0 Å². The van der Waals surface area contributed by atoms with Crippen molar-refractivity contribution in [3.8, 4) is 0 Å². The van der Waals surface area contributed by atoms with E-state index in [-0.39, 0.29) is 5.41 Å². The zero-order chi connectivity index (χ0) is 13.4. The molecule has 0 saturated carbocycles. The van der Waals surface area contributed by atoms with Gasteiger partial charge in [0.25, 0.3) is 0 Å². The molecule has 1 rings (SSSR count). The summed E-state index contributed by atoms with van der Waals surface area (Å²) < 4.78 is 11.9. The van der Waals surface area contributed by atoms with Crippen LogP contribution >= 0.6 is 0 Å². The van der Waals surface area contributed by atoms with E-state index in [2.05, 4.69) is 52.0 Å². The third-order valence-electron chi connectivity index (χ3n) is 3.68. The highest BCUT2D eigenvalue weighted by atomic mass is 16.5. The van der Waals surface area contributed by atoms with Gasteiger partial charge in [-0.05, 0) is 33.1 Å². The van der Waals surface area contributed by atoms with Crippen LogP contribution in [0.25, 0.3) is 0 Å².